The lowest BCUT2D eigenvalue weighted by Crippen LogP contribution is -2.51. The minimum absolute atomic E-state index is 0.0116. The van der Waals surface area contributed by atoms with Gasteiger partial charge in [0.2, 0.25) is 11.4 Å². The number of anilines is 1. The molecule has 10 nitrogen and oxygen atoms in total. The highest BCUT2D eigenvalue weighted by atomic mass is 32.2. The highest BCUT2D eigenvalue weighted by Gasteiger charge is 2.32. The molecule has 0 radical (unpaired) electrons. The molecule has 0 bridgehead atoms. The SMILES string of the molecule is N/C(=N\S(=O)(=O)c1cccc(C(F)(F)F)c1)N1CCN(c2cc3c(cc2F)c(=O)c(C(=O)O)cn3-c2ccc(F)cc2F)CC1. The summed E-state index contributed by atoms with van der Waals surface area (Å²) in [6.45, 7) is 0.0136. The molecule has 0 unspecified atom stereocenters. The molecule has 1 fully saturated rings. The van der Waals surface area contributed by atoms with E-state index in [1.165, 1.54) is 15.9 Å². The predicted octanol–water partition coefficient (Wildman–Crippen LogP) is 3.95. The molecule has 1 aliphatic heterocycles. The van der Waals surface area contributed by atoms with Crippen molar-refractivity contribution in [2.45, 2.75) is 11.1 Å². The van der Waals surface area contributed by atoms with Gasteiger partial charge in [-0.05, 0) is 42.5 Å². The van der Waals surface area contributed by atoms with E-state index in [-0.39, 0.29) is 48.5 Å². The molecule has 236 valence electrons. The van der Waals surface area contributed by atoms with Gasteiger partial charge in [-0.25, -0.2) is 18.0 Å². The van der Waals surface area contributed by atoms with E-state index in [1.807, 2.05) is 0 Å². The van der Waals surface area contributed by atoms with Crippen LogP contribution in [0, 0.1) is 17.5 Å². The van der Waals surface area contributed by atoms with Crippen LogP contribution in [0.1, 0.15) is 15.9 Å². The molecule has 0 atom stereocenters. The van der Waals surface area contributed by atoms with Crippen molar-refractivity contribution in [3.63, 3.8) is 0 Å². The number of nitrogens with two attached hydrogens (primary N) is 1. The highest BCUT2D eigenvalue weighted by Crippen LogP contribution is 2.31. The van der Waals surface area contributed by atoms with Crippen LogP contribution < -0.4 is 16.1 Å². The lowest BCUT2D eigenvalue weighted by Gasteiger charge is -2.36. The second-order valence-electron chi connectivity index (χ2n) is 9.89. The fourth-order valence-corrected chi connectivity index (χ4v) is 5.84. The summed E-state index contributed by atoms with van der Waals surface area (Å²) in [5.41, 5.74) is 2.43. The van der Waals surface area contributed by atoms with Crippen LogP contribution in [-0.4, -0.2) is 61.1 Å². The first-order valence-corrected chi connectivity index (χ1v) is 14.4. The maximum absolute atomic E-state index is 15.4. The molecule has 1 aliphatic rings. The standard InChI is InChI=1S/C28H21F6N5O5S/c29-16-4-5-22(20(30)11-16)39-14-19(26(41)42)25(40)18-12-21(31)24(13-23(18)39)37-6-8-38(9-7-37)27(35)36-45(43,44)17-3-1-2-15(10-17)28(32,33)34/h1-5,10-14H,6-9H2,(H2,35,36)(H,41,42). The number of guanidine groups is 1. The lowest BCUT2D eigenvalue weighted by molar-refractivity contribution is -0.137. The number of carboxylic acid groups (broad SMARTS) is 1. The smallest absolute Gasteiger partial charge is 0.416 e. The molecule has 0 aliphatic carbocycles. The monoisotopic (exact) mass is 653 g/mol. The molecule has 2 heterocycles. The fraction of sp³-hybridized carbons (Fsp3) is 0.179. The second kappa shape index (κ2) is 11.5. The van der Waals surface area contributed by atoms with Crippen molar-refractivity contribution < 1.29 is 44.7 Å². The fourth-order valence-electron chi connectivity index (χ4n) is 4.85. The summed E-state index contributed by atoms with van der Waals surface area (Å²) in [7, 11) is -4.62. The summed E-state index contributed by atoms with van der Waals surface area (Å²) < 4.78 is 113. The van der Waals surface area contributed by atoms with Crippen molar-refractivity contribution in [3.8, 4) is 5.69 Å². The number of carbonyl (C=O) groups is 1. The molecule has 45 heavy (non-hydrogen) atoms. The zero-order valence-electron chi connectivity index (χ0n) is 22.7. The molecular formula is C28H21F6N5O5S. The number of rotatable bonds is 5. The summed E-state index contributed by atoms with van der Waals surface area (Å²) in [4.78, 5) is 26.7. The molecular weight excluding hydrogens is 632 g/mol. The number of pyridine rings is 1. The van der Waals surface area contributed by atoms with Crippen LogP contribution in [0.5, 0.6) is 0 Å². The molecule has 1 saturated heterocycles. The average Bonchev–Trinajstić information content (AvgIpc) is 2.97. The van der Waals surface area contributed by atoms with Crippen molar-refractivity contribution in [1.29, 1.82) is 0 Å². The average molecular weight is 654 g/mol. The first kappa shape index (κ1) is 31.4. The van der Waals surface area contributed by atoms with E-state index in [2.05, 4.69) is 4.40 Å². The Morgan fingerprint density at radius 3 is 2.20 bits per heavy atom. The lowest BCUT2D eigenvalue weighted by atomic mass is 10.1. The topological polar surface area (TPSA) is 138 Å². The zero-order valence-corrected chi connectivity index (χ0v) is 23.5. The number of piperazine rings is 1. The van der Waals surface area contributed by atoms with E-state index >= 15 is 4.39 Å². The number of nitrogens with zero attached hydrogens (tertiary/aromatic N) is 4. The maximum Gasteiger partial charge on any atom is 0.416 e. The number of benzene rings is 3. The number of fused-ring (bicyclic) bond motifs is 1. The Bertz CT molecular complexity index is 2040. The molecule has 1 aromatic heterocycles. The molecule has 4 aromatic rings. The number of alkyl halides is 3. The summed E-state index contributed by atoms with van der Waals surface area (Å²) in [6.07, 6.45) is -3.93. The van der Waals surface area contributed by atoms with E-state index in [1.54, 1.807) is 0 Å². The Labute approximate surface area is 250 Å². The zero-order chi connectivity index (χ0) is 32.8. The first-order valence-electron chi connectivity index (χ1n) is 12.9. The maximum atomic E-state index is 15.4. The van der Waals surface area contributed by atoms with E-state index in [0.717, 1.165) is 41.1 Å². The number of sulfonamides is 1. The number of carboxylic acids is 1. The molecule has 5 rings (SSSR count). The van der Waals surface area contributed by atoms with Gasteiger partial charge in [0.1, 0.15) is 23.0 Å². The Morgan fingerprint density at radius 1 is 0.911 bits per heavy atom. The van der Waals surface area contributed by atoms with Crippen LogP contribution >= 0.6 is 0 Å². The highest BCUT2D eigenvalue weighted by molar-refractivity contribution is 7.90. The van der Waals surface area contributed by atoms with Crippen LogP contribution in [0.15, 0.2) is 74.9 Å². The second-order valence-corrected chi connectivity index (χ2v) is 11.5. The first-order chi connectivity index (χ1) is 21.1. The number of hydrogen-bond donors (Lipinski definition) is 2. The predicted molar refractivity (Wildman–Crippen MR) is 150 cm³/mol. The van der Waals surface area contributed by atoms with Gasteiger partial charge in [0.25, 0.3) is 10.0 Å². The molecule has 0 spiro atoms. The van der Waals surface area contributed by atoms with E-state index in [9.17, 15) is 45.1 Å². The Kier molecular flexibility index (Phi) is 7.99. The third-order valence-corrected chi connectivity index (χ3v) is 8.37. The van der Waals surface area contributed by atoms with Gasteiger partial charge in [-0.1, -0.05) is 6.07 Å². The van der Waals surface area contributed by atoms with Gasteiger partial charge in [-0.3, -0.25) is 4.79 Å². The van der Waals surface area contributed by atoms with Gasteiger partial charge in [0, 0.05) is 43.8 Å². The molecule has 17 heteroatoms. The van der Waals surface area contributed by atoms with Gasteiger partial charge < -0.3 is 25.2 Å². The van der Waals surface area contributed by atoms with Crippen molar-refractivity contribution >= 4 is 38.5 Å². The van der Waals surface area contributed by atoms with Gasteiger partial charge >= 0.3 is 12.1 Å². The number of aromatic nitrogens is 1. The van der Waals surface area contributed by atoms with Crippen molar-refractivity contribution in [2.24, 2.45) is 10.1 Å². The largest absolute Gasteiger partial charge is 0.477 e. The van der Waals surface area contributed by atoms with E-state index in [4.69, 9.17) is 5.73 Å². The quantitative estimate of drug-likeness (QED) is 0.188. The molecule has 3 N–H and O–H groups in total. The van der Waals surface area contributed by atoms with Gasteiger partial charge in [-0.2, -0.15) is 21.6 Å². The van der Waals surface area contributed by atoms with Gasteiger partial charge in [0.05, 0.1) is 27.4 Å². The Morgan fingerprint density at radius 2 is 1.58 bits per heavy atom. The minimum Gasteiger partial charge on any atom is -0.477 e. The third-order valence-electron chi connectivity index (χ3n) is 7.09. The summed E-state index contributed by atoms with van der Waals surface area (Å²) in [5, 5.41) is 9.13. The normalized spacial score (nSPS) is 14.7. The summed E-state index contributed by atoms with van der Waals surface area (Å²) >= 11 is 0. The van der Waals surface area contributed by atoms with Crippen LogP contribution in [0.2, 0.25) is 0 Å². The summed E-state index contributed by atoms with van der Waals surface area (Å²) in [6, 6.07) is 7.52. The van der Waals surface area contributed by atoms with Crippen molar-refractivity contribution in [1.82, 2.24) is 9.47 Å². The number of halogens is 6. The summed E-state index contributed by atoms with van der Waals surface area (Å²) in [5.74, 6) is -5.06. The van der Waals surface area contributed by atoms with Crippen LogP contribution in [-0.2, 0) is 16.2 Å². The third kappa shape index (κ3) is 6.15. The van der Waals surface area contributed by atoms with Crippen LogP contribution in [0.25, 0.3) is 16.6 Å². The van der Waals surface area contributed by atoms with E-state index in [0.29, 0.717) is 18.2 Å². The van der Waals surface area contributed by atoms with Crippen molar-refractivity contribution in [2.75, 3.05) is 31.1 Å². The Hall–Kier alpha value is -5.06. The number of aromatic carboxylic acids is 1. The molecule has 3 aromatic carbocycles. The van der Waals surface area contributed by atoms with E-state index < -0.39 is 67.0 Å². The number of hydrogen-bond acceptors (Lipinski definition) is 5. The molecule has 0 amide bonds. The van der Waals surface area contributed by atoms with Crippen molar-refractivity contribution in [3.05, 3.63) is 99.6 Å². The molecule has 0 saturated carbocycles. The van der Waals surface area contributed by atoms with Crippen LogP contribution in [0.4, 0.5) is 32.0 Å². The van der Waals surface area contributed by atoms with Gasteiger partial charge in [0.15, 0.2) is 0 Å². The Balaban J connectivity index is 1.45. The van der Waals surface area contributed by atoms with Gasteiger partial charge in [-0.15, -0.1) is 4.40 Å². The minimum atomic E-state index is -4.78. The van der Waals surface area contributed by atoms with Crippen LogP contribution in [0.3, 0.4) is 0 Å².